The average molecular weight is 187 g/mol. The number of rotatable bonds is 5. The molecule has 0 spiro atoms. The Kier molecular flexibility index (Phi) is 5.88. The van der Waals surface area contributed by atoms with E-state index in [9.17, 15) is 9.59 Å². The molecule has 0 fully saturated rings. The number of likely N-dealkylation sites (N-methyl/N-ethyl adjacent to an activating group) is 2. The summed E-state index contributed by atoms with van der Waals surface area (Å²) in [6.07, 6.45) is 0. The van der Waals surface area contributed by atoms with Gasteiger partial charge in [0.15, 0.2) is 0 Å². The summed E-state index contributed by atoms with van der Waals surface area (Å²) in [5.74, 6) is -0.127. The average Bonchev–Trinajstić information content (AvgIpc) is 2.15. The molecule has 5 heteroatoms. The molecule has 2 amide bonds. The van der Waals surface area contributed by atoms with Crippen LogP contribution < -0.4 is 10.6 Å². The second-order valence-electron chi connectivity index (χ2n) is 2.68. The van der Waals surface area contributed by atoms with Crippen molar-refractivity contribution < 1.29 is 9.59 Å². The second-order valence-corrected chi connectivity index (χ2v) is 2.68. The van der Waals surface area contributed by atoms with Crippen molar-refractivity contribution in [1.82, 2.24) is 15.5 Å². The molecule has 2 N–H and O–H groups in total. The fourth-order valence-corrected chi connectivity index (χ4v) is 0.683. The number of carbonyl (C=O) groups is 2. The predicted octanol–water partition coefficient (Wildman–Crippen LogP) is -1.20. The monoisotopic (exact) mass is 187 g/mol. The summed E-state index contributed by atoms with van der Waals surface area (Å²) < 4.78 is 0. The maximum atomic E-state index is 11.2. The highest BCUT2D eigenvalue weighted by molar-refractivity contribution is 5.80. The van der Waals surface area contributed by atoms with Gasteiger partial charge < -0.3 is 10.2 Å². The lowest BCUT2D eigenvalue weighted by Crippen LogP contribution is -2.39. The summed E-state index contributed by atoms with van der Waals surface area (Å²) in [5, 5.41) is 5.20. The lowest BCUT2D eigenvalue weighted by atomic mass is 10.5. The molecule has 0 aliphatic rings. The van der Waals surface area contributed by atoms with Gasteiger partial charge in [-0.25, -0.2) is 0 Å². The SMILES string of the molecule is CCN(C)C(=O)CNCC(=O)NC. The van der Waals surface area contributed by atoms with Crippen LogP contribution >= 0.6 is 0 Å². The fraction of sp³-hybridized carbons (Fsp3) is 0.750. The molecule has 0 heterocycles. The Hall–Kier alpha value is -1.10. The highest BCUT2D eigenvalue weighted by Crippen LogP contribution is 1.80. The van der Waals surface area contributed by atoms with Crippen LogP contribution in [0.3, 0.4) is 0 Å². The van der Waals surface area contributed by atoms with E-state index in [1.165, 1.54) is 0 Å². The van der Waals surface area contributed by atoms with Gasteiger partial charge in [0.05, 0.1) is 13.1 Å². The fourth-order valence-electron chi connectivity index (χ4n) is 0.683. The molecule has 0 aromatic carbocycles. The maximum Gasteiger partial charge on any atom is 0.236 e. The molecule has 0 aliphatic heterocycles. The Morgan fingerprint density at radius 2 is 1.92 bits per heavy atom. The molecule has 0 aromatic rings. The van der Waals surface area contributed by atoms with Crippen molar-refractivity contribution in [1.29, 1.82) is 0 Å². The van der Waals surface area contributed by atoms with Crippen molar-refractivity contribution in [3.05, 3.63) is 0 Å². The Morgan fingerprint density at radius 1 is 1.31 bits per heavy atom. The predicted molar refractivity (Wildman–Crippen MR) is 50.2 cm³/mol. The van der Waals surface area contributed by atoms with E-state index in [2.05, 4.69) is 10.6 Å². The normalized spacial score (nSPS) is 9.46. The molecule has 0 unspecified atom stereocenters. The standard InChI is InChI=1S/C8H17N3O2/c1-4-11(3)8(13)6-10-5-7(12)9-2/h10H,4-6H2,1-3H3,(H,9,12). The van der Waals surface area contributed by atoms with Crippen LogP contribution in [0.1, 0.15) is 6.92 Å². The van der Waals surface area contributed by atoms with Crippen LogP contribution in [-0.4, -0.2) is 50.4 Å². The molecule has 5 nitrogen and oxygen atoms in total. The van der Waals surface area contributed by atoms with E-state index < -0.39 is 0 Å². The first-order valence-corrected chi connectivity index (χ1v) is 4.27. The molecule has 0 aromatic heterocycles. The van der Waals surface area contributed by atoms with Crippen molar-refractivity contribution in [2.75, 3.05) is 33.7 Å². The van der Waals surface area contributed by atoms with Gasteiger partial charge in [-0.2, -0.15) is 0 Å². The van der Waals surface area contributed by atoms with Crippen LogP contribution in [0.25, 0.3) is 0 Å². The topological polar surface area (TPSA) is 61.4 Å². The summed E-state index contributed by atoms with van der Waals surface area (Å²) >= 11 is 0. The zero-order valence-electron chi connectivity index (χ0n) is 8.39. The molecule has 0 bridgehead atoms. The van der Waals surface area contributed by atoms with Crippen molar-refractivity contribution in [3.8, 4) is 0 Å². The van der Waals surface area contributed by atoms with E-state index in [0.29, 0.717) is 6.54 Å². The molecule has 0 rings (SSSR count). The number of hydrogen-bond acceptors (Lipinski definition) is 3. The van der Waals surface area contributed by atoms with Gasteiger partial charge >= 0.3 is 0 Å². The van der Waals surface area contributed by atoms with Crippen molar-refractivity contribution in [3.63, 3.8) is 0 Å². The third-order valence-corrected chi connectivity index (χ3v) is 1.74. The molecule has 0 saturated carbocycles. The van der Waals surface area contributed by atoms with E-state index >= 15 is 0 Å². The molecule has 0 radical (unpaired) electrons. The minimum Gasteiger partial charge on any atom is -0.358 e. The van der Waals surface area contributed by atoms with E-state index in [1.807, 2.05) is 6.92 Å². The molecular formula is C8H17N3O2. The highest BCUT2D eigenvalue weighted by Gasteiger charge is 2.05. The molecular weight excluding hydrogens is 170 g/mol. The molecule has 13 heavy (non-hydrogen) atoms. The van der Waals surface area contributed by atoms with Gasteiger partial charge in [0.25, 0.3) is 0 Å². The third-order valence-electron chi connectivity index (χ3n) is 1.74. The molecule has 0 atom stereocenters. The van der Waals surface area contributed by atoms with Gasteiger partial charge in [-0.1, -0.05) is 0 Å². The zero-order valence-corrected chi connectivity index (χ0v) is 8.39. The second kappa shape index (κ2) is 6.42. The Balaban J connectivity index is 3.53. The number of nitrogens with zero attached hydrogens (tertiary/aromatic N) is 1. The minimum absolute atomic E-state index is 0.00796. The van der Waals surface area contributed by atoms with Gasteiger partial charge in [-0.3, -0.25) is 14.9 Å². The van der Waals surface area contributed by atoms with Gasteiger partial charge in [-0.05, 0) is 6.92 Å². The maximum absolute atomic E-state index is 11.2. The summed E-state index contributed by atoms with van der Waals surface area (Å²) in [5.41, 5.74) is 0. The Morgan fingerprint density at radius 3 is 2.38 bits per heavy atom. The number of carbonyl (C=O) groups excluding carboxylic acids is 2. The van der Waals surface area contributed by atoms with Crippen molar-refractivity contribution >= 4 is 11.8 Å². The molecule has 0 saturated heterocycles. The molecule has 0 aliphatic carbocycles. The first kappa shape index (κ1) is 11.9. The smallest absolute Gasteiger partial charge is 0.236 e. The Bertz CT molecular complexity index is 182. The van der Waals surface area contributed by atoms with Crippen LogP contribution in [0.15, 0.2) is 0 Å². The van der Waals surface area contributed by atoms with E-state index in [0.717, 1.165) is 0 Å². The van der Waals surface area contributed by atoms with E-state index in [4.69, 9.17) is 0 Å². The lowest BCUT2D eigenvalue weighted by molar-refractivity contribution is -0.128. The highest BCUT2D eigenvalue weighted by atomic mass is 16.2. The van der Waals surface area contributed by atoms with Crippen LogP contribution in [0.5, 0.6) is 0 Å². The van der Waals surface area contributed by atoms with Crippen LogP contribution in [0, 0.1) is 0 Å². The third kappa shape index (κ3) is 5.19. The molecule has 76 valence electrons. The van der Waals surface area contributed by atoms with Gasteiger partial charge in [0.2, 0.25) is 11.8 Å². The van der Waals surface area contributed by atoms with Gasteiger partial charge in [0, 0.05) is 20.6 Å². The van der Waals surface area contributed by atoms with Crippen LogP contribution in [0.2, 0.25) is 0 Å². The summed E-state index contributed by atoms with van der Waals surface area (Å²) in [7, 11) is 3.29. The Labute approximate surface area is 78.5 Å². The van der Waals surface area contributed by atoms with Crippen LogP contribution in [0.4, 0.5) is 0 Å². The first-order valence-electron chi connectivity index (χ1n) is 4.27. The summed E-state index contributed by atoms with van der Waals surface area (Å²) in [6.45, 7) is 2.97. The largest absolute Gasteiger partial charge is 0.358 e. The minimum atomic E-state index is -0.119. The van der Waals surface area contributed by atoms with Crippen molar-refractivity contribution in [2.45, 2.75) is 6.92 Å². The van der Waals surface area contributed by atoms with Crippen molar-refractivity contribution in [2.24, 2.45) is 0 Å². The number of hydrogen-bond donors (Lipinski definition) is 2. The summed E-state index contributed by atoms with van der Waals surface area (Å²) in [6, 6.07) is 0. The number of nitrogens with one attached hydrogen (secondary N) is 2. The van der Waals surface area contributed by atoms with E-state index in [-0.39, 0.29) is 24.9 Å². The van der Waals surface area contributed by atoms with Crippen LogP contribution in [-0.2, 0) is 9.59 Å². The lowest BCUT2D eigenvalue weighted by Gasteiger charge is -2.14. The first-order chi connectivity index (χ1) is 6.11. The quantitative estimate of drug-likeness (QED) is 0.568. The number of amides is 2. The van der Waals surface area contributed by atoms with E-state index in [1.54, 1.807) is 19.0 Å². The van der Waals surface area contributed by atoms with Gasteiger partial charge in [-0.15, -0.1) is 0 Å². The zero-order chi connectivity index (χ0) is 10.3. The van der Waals surface area contributed by atoms with Gasteiger partial charge in [0.1, 0.15) is 0 Å². The summed E-state index contributed by atoms with van der Waals surface area (Å²) in [4.78, 5) is 23.5.